The highest BCUT2D eigenvalue weighted by molar-refractivity contribution is 5.85. The summed E-state index contributed by atoms with van der Waals surface area (Å²) >= 11 is 0. The van der Waals surface area contributed by atoms with Gasteiger partial charge in [0.15, 0.2) is 5.79 Å². The van der Waals surface area contributed by atoms with Gasteiger partial charge < -0.3 is 0 Å². The third kappa shape index (κ3) is 3.98. The van der Waals surface area contributed by atoms with Crippen LogP contribution in [0.25, 0.3) is 0 Å². The molecule has 0 heterocycles. The van der Waals surface area contributed by atoms with Gasteiger partial charge in [-0.2, -0.15) is 5.11 Å². The van der Waals surface area contributed by atoms with Crippen molar-refractivity contribution in [1.82, 2.24) is 0 Å². The van der Waals surface area contributed by atoms with E-state index >= 15 is 0 Å². The average molecular weight is 139 g/mol. The molecule has 5 N–H and O–H groups in total. The largest absolute Gasteiger partial charge is 0.293 e. The molecule has 0 aromatic rings. The Hall–Kier alpha value is -0.190. The Morgan fingerprint density at radius 3 is 2.00 bits per heavy atom. The normalized spacial score (nSPS) is 9.88. The van der Waals surface area contributed by atoms with Gasteiger partial charge in [0.05, 0.1) is 0 Å². The summed E-state index contributed by atoms with van der Waals surface area (Å²) in [5.74, 6) is -1.12. The van der Waals surface area contributed by atoms with E-state index in [0.29, 0.717) is 6.42 Å². The van der Waals surface area contributed by atoms with E-state index in [9.17, 15) is 0 Å². The summed E-state index contributed by atoms with van der Waals surface area (Å²) < 4.78 is 0. The summed E-state index contributed by atoms with van der Waals surface area (Å²) in [6.45, 7) is 1.78. The minimum Gasteiger partial charge on any atom is -0.293 e. The molecule has 5 heteroatoms. The second-order valence-electron chi connectivity index (χ2n) is 1.46. The molecule has 4 nitrogen and oxygen atoms in total. The van der Waals surface area contributed by atoms with Crippen molar-refractivity contribution in [1.29, 1.82) is 5.53 Å². The highest BCUT2D eigenvalue weighted by Gasteiger charge is 2.11. The van der Waals surface area contributed by atoms with E-state index < -0.39 is 5.79 Å². The van der Waals surface area contributed by atoms with Crippen LogP contribution in [-0.2, 0) is 0 Å². The van der Waals surface area contributed by atoms with Crippen molar-refractivity contribution in [2.75, 3.05) is 0 Å². The topological polar surface area (TPSA) is 88.2 Å². The maximum absolute atomic E-state index is 6.38. The number of nitrogens with two attached hydrogens (primary N) is 2. The van der Waals surface area contributed by atoms with Crippen LogP contribution in [0.15, 0.2) is 5.11 Å². The van der Waals surface area contributed by atoms with Gasteiger partial charge >= 0.3 is 0 Å². The van der Waals surface area contributed by atoms with E-state index in [-0.39, 0.29) is 12.4 Å². The lowest BCUT2D eigenvalue weighted by atomic mass is 10.3. The van der Waals surface area contributed by atoms with Gasteiger partial charge in [-0.15, -0.1) is 12.4 Å². The first kappa shape index (κ1) is 10.7. The maximum atomic E-state index is 6.38. The van der Waals surface area contributed by atoms with Gasteiger partial charge in [-0.3, -0.25) is 11.5 Å². The van der Waals surface area contributed by atoms with Crippen molar-refractivity contribution < 1.29 is 0 Å². The monoisotopic (exact) mass is 138 g/mol. The Balaban J connectivity index is 0. The van der Waals surface area contributed by atoms with Crippen molar-refractivity contribution >= 4 is 12.4 Å². The van der Waals surface area contributed by atoms with E-state index in [1.807, 2.05) is 0 Å². The highest BCUT2D eigenvalue weighted by Crippen LogP contribution is 1.95. The molecule has 0 aromatic heterocycles. The molecule has 0 aliphatic carbocycles. The first-order valence-electron chi connectivity index (χ1n) is 2.09. The summed E-state index contributed by atoms with van der Waals surface area (Å²) in [7, 11) is 0. The maximum Gasteiger partial charge on any atom is 0.179 e. The van der Waals surface area contributed by atoms with Crippen molar-refractivity contribution in [2.45, 2.75) is 19.1 Å². The zero-order valence-corrected chi connectivity index (χ0v) is 5.53. The minimum atomic E-state index is -1.12. The van der Waals surface area contributed by atoms with Gasteiger partial charge in [-0.1, -0.05) is 6.92 Å². The lowest BCUT2D eigenvalue weighted by Crippen LogP contribution is -2.46. The predicted molar refractivity (Wildman–Crippen MR) is 33.8 cm³/mol. The first-order valence-corrected chi connectivity index (χ1v) is 2.09. The smallest absolute Gasteiger partial charge is 0.179 e. The molecule has 0 fully saturated rings. The molecule has 0 aliphatic rings. The summed E-state index contributed by atoms with van der Waals surface area (Å²) in [5, 5.41) is 2.94. The molecule has 0 atom stereocenters. The van der Waals surface area contributed by atoms with Crippen LogP contribution < -0.4 is 11.5 Å². The number of halogens is 1. The molecular formula is C3H11ClN4. The molecule has 0 saturated heterocycles. The van der Waals surface area contributed by atoms with Crippen molar-refractivity contribution in [3.8, 4) is 0 Å². The van der Waals surface area contributed by atoms with Gasteiger partial charge in [0.1, 0.15) is 0 Å². The van der Waals surface area contributed by atoms with Crippen molar-refractivity contribution in [3.05, 3.63) is 0 Å². The van der Waals surface area contributed by atoms with Crippen LogP contribution in [-0.4, -0.2) is 5.79 Å². The van der Waals surface area contributed by atoms with Gasteiger partial charge in [0, 0.05) is 0 Å². The quantitative estimate of drug-likeness (QED) is 0.382. The lowest BCUT2D eigenvalue weighted by Gasteiger charge is -2.12. The van der Waals surface area contributed by atoms with Crippen LogP contribution in [0, 0.1) is 5.53 Å². The number of rotatable bonds is 2. The van der Waals surface area contributed by atoms with E-state index in [1.165, 1.54) is 0 Å². The number of nitrogens with one attached hydrogen (secondary N) is 1. The van der Waals surface area contributed by atoms with Crippen LogP contribution >= 0.6 is 12.4 Å². The van der Waals surface area contributed by atoms with Gasteiger partial charge in [0.25, 0.3) is 0 Å². The summed E-state index contributed by atoms with van der Waals surface area (Å²) in [6.07, 6.45) is 0.497. The fraction of sp³-hybridized carbons (Fsp3) is 1.00. The summed E-state index contributed by atoms with van der Waals surface area (Å²) in [5.41, 5.74) is 16.7. The van der Waals surface area contributed by atoms with E-state index in [2.05, 4.69) is 5.11 Å². The second kappa shape index (κ2) is 3.77. The number of hydrogen-bond donors (Lipinski definition) is 3. The van der Waals surface area contributed by atoms with Gasteiger partial charge in [0.2, 0.25) is 0 Å². The van der Waals surface area contributed by atoms with Crippen molar-refractivity contribution in [3.63, 3.8) is 0 Å². The molecule has 0 saturated carbocycles. The molecule has 50 valence electrons. The van der Waals surface area contributed by atoms with Crippen LogP contribution in [0.4, 0.5) is 0 Å². The predicted octanol–water partition coefficient (Wildman–Crippen LogP) is 0.420. The van der Waals surface area contributed by atoms with Crippen molar-refractivity contribution in [2.24, 2.45) is 16.6 Å². The standard InChI is InChI=1S/C3H10N4.ClH/c1-2-3(4,5)7-6;/h6H,2,4-5H2,1H3;1H. The minimum absolute atomic E-state index is 0. The molecule has 0 radical (unpaired) electrons. The molecule has 0 unspecified atom stereocenters. The molecule has 0 amide bonds. The molecule has 0 spiro atoms. The third-order valence-electron chi connectivity index (χ3n) is 0.775. The molecule has 0 aromatic carbocycles. The zero-order chi connectivity index (χ0) is 5.91. The summed E-state index contributed by atoms with van der Waals surface area (Å²) in [4.78, 5) is 0. The van der Waals surface area contributed by atoms with Crippen LogP contribution in [0.5, 0.6) is 0 Å². The zero-order valence-electron chi connectivity index (χ0n) is 4.72. The fourth-order valence-corrected chi connectivity index (χ4v) is 0.0791. The Morgan fingerprint density at radius 1 is 1.62 bits per heavy atom. The molecule has 0 aliphatic heterocycles. The van der Waals surface area contributed by atoms with Crippen LogP contribution in [0.1, 0.15) is 13.3 Å². The van der Waals surface area contributed by atoms with Gasteiger partial charge in [-0.05, 0) is 6.42 Å². The molecular weight excluding hydrogens is 128 g/mol. The summed E-state index contributed by atoms with van der Waals surface area (Å²) in [6, 6.07) is 0. The second-order valence-corrected chi connectivity index (χ2v) is 1.46. The number of hydrogen-bond acceptors (Lipinski definition) is 4. The Kier molecular flexibility index (Phi) is 5.05. The highest BCUT2D eigenvalue weighted by atomic mass is 35.5. The Morgan fingerprint density at radius 2 is 2.00 bits per heavy atom. The van der Waals surface area contributed by atoms with Gasteiger partial charge in [-0.25, -0.2) is 5.53 Å². The SMILES string of the molecule is CCC(N)(N)N=N.Cl. The molecule has 8 heavy (non-hydrogen) atoms. The average Bonchev–Trinajstić information content (AvgIpc) is 1.68. The van der Waals surface area contributed by atoms with E-state index in [0.717, 1.165) is 0 Å². The van der Waals surface area contributed by atoms with E-state index in [1.54, 1.807) is 6.92 Å². The fourth-order valence-electron chi connectivity index (χ4n) is 0.0791. The lowest BCUT2D eigenvalue weighted by molar-refractivity contribution is 0.417. The molecule has 0 bridgehead atoms. The third-order valence-corrected chi connectivity index (χ3v) is 0.775. The molecule has 0 rings (SSSR count). The Labute approximate surface area is 54.5 Å². The Bertz CT molecular complexity index is 71.7. The van der Waals surface area contributed by atoms with E-state index in [4.69, 9.17) is 17.0 Å². The number of nitrogens with zero attached hydrogens (tertiary/aromatic N) is 1. The van der Waals surface area contributed by atoms with Crippen LogP contribution in [0.3, 0.4) is 0 Å². The van der Waals surface area contributed by atoms with Crippen LogP contribution in [0.2, 0.25) is 0 Å². The first-order chi connectivity index (χ1) is 3.12.